The molecule has 0 aliphatic carbocycles. The second-order valence-corrected chi connectivity index (χ2v) is 6.91. The summed E-state index contributed by atoms with van der Waals surface area (Å²) in [5.74, 6) is 1.03. The van der Waals surface area contributed by atoms with Gasteiger partial charge in [0.25, 0.3) is 0 Å². The molecule has 0 saturated carbocycles. The molecule has 3 aromatic heterocycles. The molecular weight excluding hydrogens is 371 g/mol. The van der Waals surface area contributed by atoms with Gasteiger partial charge in [0.15, 0.2) is 11.6 Å². The fourth-order valence-electron chi connectivity index (χ4n) is 3.47. The minimum Gasteiger partial charge on any atom is -0.359 e. The van der Waals surface area contributed by atoms with Gasteiger partial charge in [-0.05, 0) is 12.1 Å². The maximum atomic E-state index is 14.0. The predicted molar refractivity (Wildman–Crippen MR) is 103 cm³/mol. The van der Waals surface area contributed by atoms with Crippen molar-refractivity contribution in [3.8, 4) is 22.6 Å². The van der Waals surface area contributed by atoms with Crippen LogP contribution in [0.3, 0.4) is 0 Å². The minimum atomic E-state index is -0.309. The van der Waals surface area contributed by atoms with E-state index in [0.29, 0.717) is 29.4 Å². The number of nitrogens with zero attached hydrogens (tertiary/aromatic N) is 6. The summed E-state index contributed by atoms with van der Waals surface area (Å²) in [6, 6.07) is 8.35. The van der Waals surface area contributed by atoms with Gasteiger partial charge >= 0.3 is 0 Å². The first-order valence-electron chi connectivity index (χ1n) is 9.29. The van der Waals surface area contributed by atoms with E-state index in [4.69, 9.17) is 4.52 Å². The topological polar surface area (TPSA) is 80.8 Å². The molecule has 1 aliphatic rings. The Balaban J connectivity index is 1.30. The molecule has 4 aromatic rings. The van der Waals surface area contributed by atoms with Gasteiger partial charge in [0.1, 0.15) is 17.8 Å². The minimum absolute atomic E-state index is 0.309. The molecule has 0 atom stereocenters. The van der Waals surface area contributed by atoms with E-state index >= 15 is 0 Å². The van der Waals surface area contributed by atoms with E-state index < -0.39 is 0 Å². The molecule has 0 amide bonds. The van der Waals surface area contributed by atoms with Crippen molar-refractivity contribution in [2.24, 2.45) is 0 Å². The molecule has 4 heterocycles. The summed E-state index contributed by atoms with van der Waals surface area (Å²) in [5, 5.41) is 4.02. The van der Waals surface area contributed by atoms with Crippen molar-refractivity contribution in [2.75, 3.05) is 6.54 Å². The quantitative estimate of drug-likeness (QED) is 0.531. The van der Waals surface area contributed by atoms with E-state index in [9.17, 15) is 4.39 Å². The average Bonchev–Trinajstić information content (AvgIpc) is 3.22. The number of hydrogen-bond donors (Lipinski definition) is 0. The van der Waals surface area contributed by atoms with Gasteiger partial charge < -0.3 is 4.52 Å². The van der Waals surface area contributed by atoms with Crippen molar-refractivity contribution < 1.29 is 8.91 Å². The third-order valence-corrected chi connectivity index (χ3v) is 4.92. The number of fused-ring (bicyclic) bond motifs is 1. The second kappa shape index (κ2) is 7.48. The standard InChI is InChI=1S/C21H17FN6O/c22-18-4-2-1-3-17(18)20-7-16(29-27-20)12-28-6-5-19-15(11-28)10-25-21(26-19)14-8-23-13-24-9-14/h1-4,7-10,13H,5-6,11-12H2. The first-order chi connectivity index (χ1) is 14.3. The second-order valence-electron chi connectivity index (χ2n) is 6.91. The molecule has 0 radical (unpaired) electrons. The zero-order valence-corrected chi connectivity index (χ0v) is 15.5. The first-order valence-corrected chi connectivity index (χ1v) is 9.29. The highest BCUT2D eigenvalue weighted by atomic mass is 19.1. The van der Waals surface area contributed by atoms with Gasteiger partial charge in [0.2, 0.25) is 0 Å². The largest absolute Gasteiger partial charge is 0.359 e. The summed E-state index contributed by atoms with van der Waals surface area (Å²) < 4.78 is 19.4. The van der Waals surface area contributed by atoms with Gasteiger partial charge in [0, 0.05) is 55.3 Å². The number of hydrogen-bond acceptors (Lipinski definition) is 7. The van der Waals surface area contributed by atoms with Crippen LogP contribution in [-0.2, 0) is 19.5 Å². The molecule has 1 aromatic carbocycles. The van der Waals surface area contributed by atoms with Gasteiger partial charge in [-0.25, -0.2) is 24.3 Å². The van der Waals surface area contributed by atoms with Crippen LogP contribution in [0.2, 0.25) is 0 Å². The molecule has 0 bridgehead atoms. The fraction of sp³-hybridized carbons (Fsp3) is 0.190. The monoisotopic (exact) mass is 388 g/mol. The van der Waals surface area contributed by atoms with Gasteiger partial charge in [-0.3, -0.25) is 4.90 Å². The van der Waals surface area contributed by atoms with Crippen molar-refractivity contribution in [1.82, 2.24) is 30.0 Å². The van der Waals surface area contributed by atoms with Gasteiger partial charge in [0.05, 0.1) is 17.8 Å². The molecule has 0 unspecified atom stereocenters. The zero-order valence-electron chi connectivity index (χ0n) is 15.5. The Morgan fingerprint density at radius 3 is 2.83 bits per heavy atom. The molecule has 0 N–H and O–H groups in total. The smallest absolute Gasteiger partial charge is 0.162 e. The summed E-state index contributed by atoms with van der Waals surface area (Å²) >= 11 is 0. The number of aromatic nitrogens is 5. The Labute approximate surface area is 166 Å². The molecule has 7 nitrogen and oxygen atoms in total. The number of benzene rings is 1. The van der Waals surface area contributed by atoms with Crippen LogP contribution in [-0.4, -0.2) is 36.5 Å². The molecule has 0 saturated heterocycles. The molecule has 0 spiro atoms. The lowest BCUT2D eigenvalue weighted by Crippen LogP contribution is -2.30. The lowest BCUT2D eigenvalue weighted by Gasteiger charge is -2.26. The Kier molecular flexibility index (Phi) is 4.53. The van der Waals surface area contributed by atoms with Crippen LogP contribution in [0.15, 0.2) is 59.8 Å². The van der Waals surface area contributed by atoms with E-state index in [1.807, 2.05) is 6.20 Å². The van der Waals surface area contributed by atoms with E-state index in [-0.39, 0.29) is 5.82 Å². The summed E-state index contributed by atoms with van der Waals surface area (Å²) in [6.45, 7) is 2.15. The van der Waals surface area contributed by atoms with Gasteiger partial charge in [-0.15, -0.1) is 0 Å². The molecule has 0 fully saturated rings. The summed E-state index contributed by atoms with van der Waals surface area (Å²) in [5.41, 5.74) is 3.89. The van der Waals surface area contributed by atoms with Gasteiger partial charge in [-0.2, -0.15) is 0 Å². The third kappa shape index (κ3) is 3.62. The Bertz CT molecular complexity index is 1150. The summed E-state index contributed by atoms with van der Waals surface area (Å²) in [7, 11) is 0. The van der Waals surface area contributed by atoms with Crippen molar-refractivity contribution in [2.45, 2.75) is 19.5 Å². The van der Waals surface area contributed by atoms with Crippen LogP contribution < -0.4 is 0 Å². The summed E-state index contributed by atoms with van der Waals surface area (Å²) in [4.78, 5) is 19.4. The summed E-state index contributed by atoms with van der Waals surface area (Å²) in [6.07, 6.45) is 7.58. The fourth-order valence-corrected chi connectivity index (χ4v) is 3.47. The van der Waals surface area contributed by atoms with E-state index in [1.54, 1.807) is 36.7 Å². The Morgan fingerprint density at radius 2 is 1.97 bits per heavy atom. The van der Waals surface area contributed by atoms with Crippen LogP contribution in [0, 0.1) is 5.82 Å². The number of rotatable bonds is 4. The lowest BCUT2D eigenvalue weighted by molar-refractivity contribution is 0.213. The van der Waals surface area contributed by atoms with Crippen LogP contribution in [0.25, 0.3) is 22.6 Å². The molecule has 5 rings (SSSR count). The predicted octanol–water partition coefficient (Wildman–Crippen LogP) is 3.29. The van der Waals surface area contributed by atoms with Crippen molar-refractivity contribution in [3.63, 3.8) is 0 Å². The van der Waals surface area contributed by atoms with Crippen LogP contribution in [0.5, 0.6) is 0 Å². The highest BCUT2D eigenvalue weighted by molar-refractivity contribution is 5.59. The molecule has 8 heteroatoms. The molecule has 1 aliphatic heterocycles. The normalized spacial score (nSPS) is 14.0. The third-order valence-electron chi connectivity index (χ3n) is 4.92. The molecular formula is C21H17FN6O. The number of halogens is 1. The van der Waals surface area contributed by atoms with Crippen molar-refractivity contribution in [3.05, 3.63) is 78.1 Å². The van der Waals surface area contributed by atoms with Crippen LogP contribution in [0.4, 0.5) is 4.39 Å². The first kappa shape index (κ1) is 17.6. The van der Waals surface area contributed by atoms with E-state index in [0.717, 1.165) is 36.3 Å². The van der Waals surface area contributed by atoms with E-state index in [1.165, 1.54) is 12.4 Å². The lowest BCUT2D eigenvalue weighted by atomic mass is 10.1. The van der Waals surface area contributed by atoms with Gasteiger partial charge in [-0.1, -0.05) is 17.3 Å². The van der Waals surface area contributed by atoms with Crippen LogP contribution in [0.1, 0.15) is 17.0 Å². The Hall–Kier alpha value is -3.52. The highest BCUT2D eigenvalue weighted by Crippen LogP contribution is 2.25. The Morgan fingerprint density at radius 1 is 1.10 bits per heavy atom. The maximum absolute atomic E-state index is 14.0. The zero-order chi connectivity index (χ0) is 19.6. The maximum Gasteiger partial charge on any atom is 0.162 e. The van der Waals surface area contributed by atoms with Crippen molar-refractivity contribution in [1.29, 1.82) is 0 Å². The molecule has 29 heavy (non-hydrogen) atoms. The SMILES string of the molecule is Fc1ccccc1-c1cc(CN2CCc3nc(-c4cncnc4)ncc3C2)on1. The highest BCUT2D eigenvalue weighted by Gasteiger charge is 2.21. The molecule has 144 valence electrons. The average molecular weight is 388 g/mol. The van der Waals surface area contributed by atoms with Crippen LogP contribution >= 0.6 is 0 Å². The van der Waals surface area contributed by atoms with Crippen molar-refractivity contribution >= 4 is 0 Å². The van der Waals surface area contributed by atoms with E-state index in [2.05, 4.69) is 30.0 Å².